The molecule has 280 valence electrons. The van der Waals surface area contributed by atoms with E-state index in [-0.39, 0.29) is 50.0 Å². The molecule has 3 N–H and O–H groups in total. The number of nitrogens with one attached hydrogen (secondary N) is 3. The predicted octanol–water partition coefficient (Wildman–Crippen LogP) is 4.35. The molecule has 0 unspecified atom stereocenters. The highest BCUT2D eigenvalue weighted by Crippen LogP contribution is 2.31. The fourth-order valence-electron chi connectivity index (χ4n) is 6.33. The van der Waals surface area contributed by atoms with E-state index >= 15 is 0 Å². The van der Waals surface area contributed by atoms with Gasteiger partial charge >= 0.3 is 0 Å². The van der Waals surface area contributed by atoms with Crippen molar-refractivity contribution in [2.24, 2.45) is 0 Å². The summed E-state index contributed by atoms with van der Waals surface area (Å²) in [6.45, 7) is 8.71. The summed E-state index contributed by atoms with van der Waals surface area (Å²) < 4.78 is 27.9. The Kier molecular flexibility index (Phi) is 14.1. The number of fused-ring (bicyclic) bond motifs is 1. The van der Waals surface area contributed by atoms with Crippen molar-refractivity contribution in [1.29, 1.82) is 0 Å². The van der Waals surface area contributed by atoms with Crippen LogP contribution in [-0.4, -0.2) is 103 Å². The molecule has 0 radical (unpaired) electrons. The van der Waals surface area contributed by atoms with Gasteiger partial charge in [0.1, 0.15) is 19.0 Å². The molecule has 5 rings (SSSR count). The number of pyridine rings is 1. The van der Waals surface area contributed by atoms with Crippen molar-refractivity contribution in [3.05, 3.63) is 76.9 Å². The van der Waals surface area contributed by atoms with Gasteiger partial charge < -0.3 is 35.2 Å². The number of carbonyl (C=O) groups excluding carboxylic acids is 2. The van der Waals surface area contributed by atoms with Gasteiger partial charge in [-0.15, -0.1) is 0 Å². The average Bonchev–Trinajstić information content (AvgIpc) is 3.56. The number of benzene rings is 2. The summed E-state index contributed by atoms with van der Waals surface area (Å²) in [5.74, 6) is -1.04. The third-order valence-electron chi connectivity index (χ3n) is 9.24. The average molecular weight is 717 g/mol. The van der Waals surface area contributed by atoms with E-state index in [9.17, 15) is 14.0 Å². The summed E-state index contributed by atoms with van der Waals surface area (Å²) in [6.07, 6.45) is 4.30. The lowest BCUT2D eigenvalue weighted by atomic mass is 10.00. The van der Waals surface area contributed by atoms with Gasteiger partial charge in [0.25, 0.3) is 0 Å². The van der Waals surface area contributed by atoms with Crippen molar-refractivity contribution in [2.75, 3.05) is 66.0 Å². The fourth-order valence-corrected chi connectivity index (χ4v) is 6.33. The molecule has 12 nitrogen and oxygen atoms in total. The van der Waals surface area contributed by atoms with Crippen LogP contribution in [0.4, 0.5) is 10.1 Å². The Morgan fingerprint density at radius 2 is 1.73 bits per heavy atom. The first-order valence-corrected chi connectivity index (χ1v) is 18.2. The fraction of sp³-hybridized carbons (Fsp3) is 0.487. The number of hydrogen-bond donors (Lipinski definition) is 3. The van der Waals surface area contributed by atoms with Gasteiger partial charge in [-0.2, -0.15) is 5.10 Å². The summed E-state index contributed by atoms with van der Waals surface area (Å²) in [5, 5.41) is 14.9. The molecule has 1 saturated heterocycles. The van der Waals surface area contributed by atoms with Crippen molar-refractivity contribution in [3.8, 4) is 11.1 Å². The summed E-state index contributed by atoms with van der Waals surface area (Å²) in [5.41, 5.74) is 6.67. The van der Waals surface area contributed by atoms with Crippen LogP contribution >= 0.6 is 0 Å². The zero-order valence-corrected chi connectivity index (χ0v) is 31.1. The molecule has 0 spiro atoms. The van der Waals surface area contributed by atoms with Gasteiger partial charge in [0.15, 0.2) is 5.65 Å². The van der Waals surface area contributed by atoms with E-state index in [0.29, 0.717) is 31.7 Å². The summed E-state index contributed by atoms with van der Waals surface area (Å²) in [7, 11) is 6.17. The smallest absolute Gasteiger partial charge is 0.246 e. The molecular formula is C39H53FN8O4. The lowest BCUT2D eigenvalue weighted by Gasteiger charge is -2.26. The Bertz CT molecular complexity index is 1810. The van der Waals surface area contributed by atoms with Crippen molar-refractivity contribution < 1.29 is 23.5 Å². The van der Waals surface area contributed by atoms with Crippen LogP contribution in [-0.2, 0) is 51.7 Å². The van der Waals surface area contributed by atoms with Gasteiger partial charge in [0.05, 0.1) is 17.3 Å². The molecule has 2 amide bonds. The zero-order chi connectivity index (χ0) is 37.0. The van der Waals surface area contributed by atoms with Crippen LogP contribution in [0.15, 0.2) is 48.7 Å². The second kappa shape index (κ2) is 18.9. The molecule has 52 heavy (non-hydrogen) atoms. The van der Waals surface area contributed by atoms with Crippen LogP contribution in [0.25, 0.3) is 22.2 Å². The number of halogens is 1. The number of amides is 2. The molecule has 1 aliphatic rings. The van der Waals surface area contributed by atoms with Crippen molar-refractivity contribution in [1.82, 2.24) is 35.2 Å². The first kappa shape index (κ1) is 38.8. The highest BCUT2D eigenvalue weighted by atomic mass is 19.1. The predicted molar refractivity (Wildman–Crippen MR) is 201 cm³/mol. The van der Waals surface area contributed by atoms with Crippen LogP contribution in [0.3, 0.4) is 0 Å². The second-order valence-corrected chi connectivity index (χ2v) is 13.6. The molecule has 13 heteroatoms. The number of aromatic nitrogens is 3. The highest BCUT2D eigenvalue weighted by Gasteiger charge is 2.22. The third-order valence-corrected chi connectivity index (χ3v) is 9.24. The SMILES string of the molecule is CCc1nc2c(cnn2CC)c(NC2CCOCC2)c1CNC(=O)COCC(=O)NCc1ccc(F)c(-c2cccc(CN(C)CCN(C)C)c2)c1. The lowest BCUT2D eigenvalue weighted by molar-refractivity contribution is -0.131. The molecule has 4 aromatic rings. The van der Waals surface area contributed by atoms with E-state index in [0.717, 1.165) is 77.1 Å². The summed E-state index contributed by atoms with van der Waals surface area (Å²) in [4.78, 5) is 34.8. The van der Waals surface area contributed by atoms with Crippen molar-refractivity contribution in [2.45, 2.75) is 65.3 Å². The quantitative estimate of drug-likeness (QED) is 0.138. The maximum Gasteiger partial charge on any atom is 0.246 e. The Morgan fingerprint density at radius 3 is 2.44 bits per heavy atom. The monoisotopic (exact) mass is 716 g/mol. The molecule has 0 aliphatic carbocycles. The summed E-state index contributed by atoms with van der Waals surface area (Å²) in [6, 6.07) is 13.0. The maximum atomic E-state index is 14.9. The Labute approximate surface area is 306 Å². The third kappa shape index (κ3) is 10.6. The highest BCUT2D eigenvalue weighted by molar-refractivity contribution is 5.92. The van der Waals surface area contributed by atoms with E-state index in [1.165, 1.54) is 6.07 Å². The largest absolute Gasteiger partial charge is 0.381 e. The maximum absolute atomic E-state index is 14.9. The van der Waals surface area contributed by atoms with E-state index in [1.54, 1.807) is 12.1 Å². The minimum absolute atomic E-state index is 0.196. The lowest BCUT2D eigenvalue weighted by Crippen LogP contribution is -2.32. The number of rotatable bonds is 18. The van der Waals surface area contributed by atoms with Crippen LogP contribution in [0.1, 0.15) is 49.1 Å². The Morgan fingerprint density at radius 1 is 0.981 bits per heavy atom. The first-order chi connectivity index (χ1) is 25.1. The van der Waals surface area contributed by atoms with Gasteiger partial charge in [-0.05, 0) is 82.2 Å². The van der Waals surface area contributed by atoms with Gasteiger partial charge in [0, 0.05) is 75.3 Å². The standard InChI is InChI=1S/C39H53FN8O4/c1-6-35-32(38(44-30-13-17-51-18-14-30)33-23-43-48(7-2)39(33)45-35)22-42-37(50)26-52-25-36(49)41-21-27-11-12-34(40)31(20-27)29-10-8-9-28(19-29)24-47(5)16-15-46(3)4/h8-12,19-20,23,30H,6-7,13-18,21-22,24-26H2,1-5H3,(H,41,49)(H,42,50)(H,44,45). The summed E-state index contributed by atoms with van der Waals surface area (Å²) >= 11 is 0. The van der Waals surface area contributed by atoms with Crippen LogP contribution in [0.2, 0.25) is 0 Å². The zero-order valence-electron chi connectivity index (χ0n) is 31.1. The number of aryl methyl sites for hydroxylation is 2. The molecule has 0 bridgehead atoms. The molecule has 0 saturated carbocycles. The van der Waals surface area contributed by atoms with Crippen LogP contribution in [0.5, 0.6) is 0 Å². The number of carbonyl (C=O) groups is 2. The minimum Gasteiger partial charge on any atom is -0.381 e. The van der Waals surface area contributed by atoms with E-state index in [2.05, 4.69) is 37.9 Å². The van der Waals surface area contributed by atoms with E-state index in [4.69, 9.17) is 14.5 Å². The van der Waals surface area contributed by atoms with Gasteiger partial charge in [0.2, 0.25) is 11.8 Å². The molecule has 2 aromatic heterocycles. The topological polar surface area (TPSA) is 126 Å². The number of nitrogens with zero attached hydrogens (tertiary/aromatic N) is 5. The number of ether oxygens (including phenoxy) is 2. The number of hydrogen-bond acceptors (Lipinski definition) is 9. The molecule has 0 atom stereocenters. The second-order valence-electron chi connectivity index (χ2n) is 13.6. The molecule has 3 heterocycles. The molecular weight excluding hydrogens is 663 g/mol. The van der Waals surface area contributed by atoms with Gasteiger partial charge in [-0.25, -0.2) is 14.1 Å². The molecule has 1 aliphatic heterocycles. The normalized spacial score (nSPS) is 13.6. The first-order valence-electron chi connectivity index (χ1n) is 18.2. The Hall–Kier alpha value is -4.43. The van der Waals surface area contributed by atoms with Gasteiger partial charge in [-0.1, -0.05) is 31.2 Å². The number of likely N-dealkylation sites (N-methyl/N-ethyl adjacent to an activating group) is 2. The molecule has 2 aromatic carbocycles. The number of anilines is 1. The van der Waals surface area contributed by atoms with Crippen molar-refractivity contribution in [3.63, 3.8) is 0 Å². The van der Waals surface area contributed by atoms with Gasteiger partial charge in [-0.3, -0.25) is 9.59 Å². The van der Waals surface area contributed by atoms with Crippen molar-refractivity contribution >= 4 is 28.5 Å². The van der Waals surface area contributed by atoms with Crippen LogP contribution in [0, 0.1) is 5.82 Å². The Balaban J connectivity index is 1.13. The van der Waals surface area contributed by atoms with E-state index in [1.807, 2.05) is 63.1 Å². The van der Waals surface area contributed by atoms with Crippen LogP contribution < -0.4 is 16.0 Å². The van der Waals surface area contributed by atoms with E-state index < -0.39 is 0 Å². The molecule has 1 fully saturated rings. The minimum atomic E-state index is -0.375.